The van der Waals surface area contributed by atoms with Crippen molar-refractivity contribution in [1.29, 1.82) is 0 Å². The molecule has 0 spiro atoms. The Hall–Kier alpha value is -3.23. The Morgan fingerprint density at radius 1 is 1.06 bits per heavy atom. The van der Waals surface area contributed by atoms with Crippen LogP contribution >= 0.6 is 0 Å². The van der Waals surface area contributed by atoms with Gasteiger partial charge in [0.25, 0.3) is 0 Å². The van der Waals surface area contributed by atoms with Gasteiger partial charge in [0.05, 0.1) is 5.56 Å². The molecule has 174 valence electrons. The van der Waals surface area contributed by atoms with Crippen LogP contribution in [0.2, 0.25) is 0 Å². The number of piperidine rings is 1. The second-order valence-electron chi connectivity index (χ2n) is 8.35. The Balaban J connectivity index is 1.42. The highest BCUT2D eigenvalue weighted by molar-refractivity contribution is 5.98. The van der Waals surface area contributed by atoms with Crippen LogP contribution in [0.5, 0.6) is 0 Å². The van der Waals surface area contributed by atoms with Gasteiger partial charge in [0.2, 0.25) is 5.91 Å². The Labute approximate surface area is 189 Å². The maximum Gasteiger partial charge on any atom is 0.417 e. The van der Waals surface area contributed by atoms with Gasteiger partial charge in [-0.3, -0.25) is 14.0 Å². The third kappa shape index (κ3) is 5.07. The maximum absolute atomic E-state index is 13.1. The van der Waals surface area contributed by atoms with Crippen LogP contribution in [0.3, 0.4) is 0 Å². The van der Waals surface area contributed by atoms with Crippen molar-refractivity contribution in [2.24, 2.45) is 0 Å². The lowest BCUT2D eigenvalue weighted by atomic mass is 9.96. The summed E-state index contributed by atoms with van der Waals surface area (Å²) >= 11 is 0. The van der Waals surface area contributed by atoms with Crippen LogP contribution < -0.4 is 0 Å². The van der Waals surface area contributed by atoms with Crippen molar-refractivity contribution in [3.8, 4) is 0 Å². The molecule has 1 aliphatic rings. The summed E-state index contributed by atoms with van der Waals surface area (Å²) in [6, 6.07) is 9.68. The molecule has 9 heteroatoms. The maximum atomic E-state index is 13.1. The molecule has 0 radical (unpaired) electrons. The van der Waals surface area contributed by atoms with Gasteiger partial charge in [-0.15, -0.1) is 10.2 Å². The average molecular weight is 458 g/mol. The van der Waals surface area contributed by atoms with E-state index in [-0.39, 0.29) is 30.4 Å². The van der Waals surface area contributed by atoms with Gasteiger partial charge in [-0.25, -0.2) is 0 Å². The number of ketones is 1. The van der Waals surface area contributed by atoms with Gasteiger partial charge in [-0.05, 0) is 37.0 Å². The number of fused-ring (bicyclic) bond motifs is 1. The first-order valence-corrected chi connectivity index (χ1v) is 11.1. The number of carbonyl (C=O) groups is 2. The fourth-order valence-electron chi connectivity index (χ4n) is 4.22. The van der Waals surface area contributed by atoms with Crippen molar-refractivity contribution in [2.45, 2.75) is 51.1 Å². The number of halogens is 3. The van der Waals surface area contributed by atoms with Crippen LogP contribution in [0, 0.1) is 0 Å². The molecule has 1 saturated heterocycles. The van der Waals surface area contributed by atoms with Crippen molar-refractivity contribution in [1.82, 2.24) is 19.5 Å². The molecule has 0 aliphatic carbocycles. The number of rotatable bonds is 6. The summed E-state index contributed by atoms with van der Waals surface area (Å²) in [5.41, 5.74) is 1.30. The normalized spacial score (nSPS) is 16.8. The molecule has 3 aromatic rings. The van der Waals surface area contributed by atoms with E-state index in [1.165, 1.54) is 10.5 Å². The molecule has 0 N–H and O–H groups in total. The first-order chi connectivity index (χ1) is 15.8. The number of amides is 1. The highest BCUT2D eigenvalue weighted by Gasteiger charge is 2.32. The van der Waals surface area contributed by atoms with Gasteiger partial charge in [-0.1, -0.05) is 31.2 Å². The Bertz CT molecular complexity index is 1150. The highest BCUT2D eigenvalue weighted by atomic mass is 19.4. The zero-order valence-electron chi connectivity index (χ0n) is 18.3. The summed E-state index contributed by atoms with van der Waals surface area (Å²) in [4.78, 5) is 26.9. The van der Waals surface area contributed by atoms with Crippen LogP contribution in [0.25, 0.3) is 5.65 Å². The smallest absolute Gasteiger partial charge is 0.342 e. The molecule has 1 fully saturated rings. The molecular formula is C24H25F3N4O2. The van der Waals surface area contributed by atoms with Crippen LogP contribution in [-0.2, 0) is 17.4 Å². The first-order valence-electron chi connectivity index (χ1n) is 11.1. The van der Waals surface area contributed by atoms with E-state index in [2.05, 4.69) is 10.2 Å². The number of aromatic nitrogens is 3. The van der Waals surface area contributed by atoms with Crippen molar-refractivity contribution < 1.29 is 22.8 Å². The average Bonchev–Trinajstić information content (AvgIpc) is 3.25. The minimum absolute atomic E-state index is 0.0808. The molecule has 33 heavy (non-hydrogen) atoms. The van der Waals surface area contributed by atoms with E-state index in [1.807, 2.05) is 19.1 Å². The lowest BCUT2D eigenvalue weighted by molar-refractivity contribution is -0.137. The fourth-order valence-corrected chi connectivity index (χ4v) is 4.22. The van der Waals surface area contributed by atoms with E-state index in [4.69, 9.17) is 0 Å². The third-order valence-corrected chi connectivity index (χ3v) is 6.15. The van der Waals surface area contributed by atoms with E-state index >= 15 is 0 Å². The van der Waals surface area contributed by atoms with E-state index in [0.717, 1.165) is 24.2 Å². The van der Waals surface area contributed by atoms with E-state index in [0.29, 0.717) is 43.0 Å². The predicted octanol–water partition coefficient (Wildman–Crippen LogP) is 4.68. The molecule has 1 aliphatic heterocycles. The first kappa shape index (κ1) is 22.9. The largest absolute Gasteiger partial charge is 0.417 e. The number of alkyl halides is 3. The molecule has 0 bridgehead atoms. The summed E-state index contributed by atoms with van der Waals surface area (Å²) in [6.45, 7) is 2.94. The summed E-state index contributed by atoms with van der Waals surface area (Å²) in [6.07, 6.45) is -0.946. The van der Waals surface area contributed by atoms with E-state index in [9.17, 15) is 22.8 Å². The lowest BCUT2D eigenvalue weighted by Gasteiger charge is -2.32. The van der Waals surface area contributed by atoms with E-state index in [1.54, 1.807) is 17.0 Å². The Kier molecular flexibility index (Phi) is 6.49. The van der Waals surface area contributed by atoms with Crippen molar-refractivity contribution in [2.75, 3.05) is 13.1 Å². The Morgan fingerprint density at radius 3 is 2.52 bits per heavy atom. The number of nitrogens with zero attached hydrogens (tertiary/aromatic N) is 4. The van der Waals surface area contributed by atoms with Crippen molar-refractivity contribution in [3.05, 3.63) is 65.1 Å². The minimum atomic E-state index is -4.46. The predicted molar refractivity (Wildman–Crippen MR) is 116 cm³/mol. The summed E-state index contributed by atoms with van der Waals surface area (Å²) in [5.74, 6) is -0.0233. The van der Waals surface area contributed by atoms with Crippen LogP contribution in [0.4, 0.5) is 13.2 Å². The number of aryl methyl sites for hydroxylation is 1. The molecule has 1 amide bonds. The topological polar surface area (TPSA) is 67.6 Å². The van der Waals surface area contributed by atoms with Crippen LogP contribution in [0.1, 0.15) is 65.8 Å². The van der Waals surface area contributed by atoms with Gasteiger partial charge in [0, 0.05) is 43.6 Å². The zero-order chi connectivity index (χ0) is 23.6. The Morgan fingerprint density at radius 2 is 1.82 bits per heavy atom. The van der Waals surface area contributed by atoms with Gasteiger partial charge in [0.15, 0.2) is 11.4 Å². The monoisotopic (exact) mass is 458 g/mol. The number of likely N-dealkylation sites (tertiary alicyclic amines) is 1. The van der Waals surface area contributed by atoms with Crippen LogP contribution in [-0.4, -0.2) is 44.3 Å². The number of Topliss-reactive ketones (excluding diaryl/α,β-unsaturated/α-hetero) is 1. The van der Waals surface area contributed by atoms with Gasteiger partial charge in [0.1, 0.15) is 5.82 Å². The summed E-state index contributed by atoms with van der Waals surface area (Å²) < 4.78 is 40.8. The molecule has 1 unspecified atom stereocenters. The molecular weight excluding hydrogens is 433 g/mol. The quantitative estimate of drug-likeness (QED) is 0.503. The number of carbonyl (C=O) groups excluding carboxylic acids is 2. The summed E-state index contributed by atoms with van der Waals surface area (Å²) in [7, 11) is 0. The minimum Gasteiger partial charge on any atom is -0.342 e. The molecule has 4 rings (SSSR count). The number of hydrogen-bond acceptors (Lipinski definition) is 4. The zero-order valence-corrected chi connectivity index (χ0v) is 18.3. The van der Waals surface area contributed by atoms with Gasteiger partial charge < -0.3 is 4.90 Å². The van der Waals surface area contributed by atoms with Crippen molar-refractivity contribution >= 4 is 17.3 Å². The molecule has 6 nitrogen and oxygen atoms in total. The molecule has 1 aromatic carbocycles. The van der Waals surface area contributed by atoms with Crippen molar-refractivity contribution in [3.63, 3.8) is 0 Å². The lowest BCUT2D eigenvalue weighted by Crippen LogP contribution is -2.39. The highest BCUT2D eigenvalue weighted by Crippen LogP contribution is 2.31. The third-order valence-electron chi connectivity index (χ3n) is 6.15. The SMILES string of the molecule is CCc1ccc(C(=O)CCC(=O)N2CCCC(c3nnc4ccc(C(F)(F)F)cn34)C2)cc1. The molecule has 1 atom stereocenters. The molecule has 0 saturated carbocycles. The second-order valence-corrected chi connectivity index (χ2v) is 8.35. The second kappa shape index (κ2) is 9.33. The number of hydrogen-bond donors (Lipinski definition) is 0. The standard InChI is InChI=1S/C24H25F3N4O2/c1-2-16-5-7-17(8-6-16)20(32)10-12-22(33)30-13-3-4-18(14-30)23-29-28-21-11-9-19(15-31(21)23)24(25,26)27/h5-9,11,15,18H,2-4,10,12-14H2,1H3. The van der Waals surface area contributed by atoms with Gasteiger partial charge in [-0.2, -0.15) is 13.2 Å². The number of pyridine rings is 1. The van der Waals surface area contributed by atoms with Crippen LogP contribution in [0.15, 0.2) is 42.6 Å². The fraction of sp³-hybridized carbons (Fsp3) is 0.417. The summed E-state index contributed by atoms with van der Waals surface area (Å²) in [5, 5.41) is 8.11. The molecule has 3 heterocycles. The number of benzene rings is 1. The van der Waals surface area contributed by atoms with Gasteiger partial charge >= 0.3 is 6.18 Å². The van der Waals surface area contributed by atoms with E-state index < -0.39 is 11.7 Å². The molecule has 2 aromatic heterocycles.